The van der Waals surface area contributed by atoms with Crippen molar-refractivity contribution in [1.29, 1.82) is 0 Å². The first-order valence-corrected chi connectivity index (χ1v) is 11.8. The number of rotatable bonds is 9. The lowest BCUT2D eigenvalue weighted by molar-refractivity contribution is 0.0728. The number of likely N-dealkylation sites (tertiary alicyclic amines) is 1. The second-order valence-electron chi connectivity index (χ2n) is 8.89. The van der Waals surface area contributed by atoms with Crippen LogP contribution in [0.2, 0.25) is 0 Å². The topological polar surface area (TPSA) is 51.2 Å². The van der Waals surface area contributed by atoms with Crippen molar-refractivity contribution in [2.45, 2.75) is 31.8 Å². The van der Waals surface area contributed by atoms with Gasteiger partial charge in [0, 0.05) is 24.7 Å². The van der Waals surface area contributed by atoms with E-state index in [1.54, 1.807) is 33.5 Å². The van der Waals surface area contributed by atoms with Gasteiger partial charge in [-0.15, -0.1) is 0 Å². The molecule has 6 heteroatoms. The number of hydrogen-bond acceptors (Lipinski definition) is 5. The van der Waals surface area contributed by atoms with Gasteiger partial charge in [-0.1, -0.05) is 36.4 Å². The molecule has 1 aliphatic heterocycles. The Morgan fingerprint density at radius 2 is 1.68 bits per heavy atom. The van der Waals surface area contributed by atoms with Crippen LogP contribution in [-0.4, -0.2) is 63.2 Å². The van der Waals surface area contributed by atoms with E-state index in [4.69, 9.17) is 14.2 Å². The van der Waals surface area contributed by atoms with E-state index in [0.717, 1.165) is 18.5 Å². The van der Waals surface area contributed by atoms with E-state index in [9.17, 15) is 4.79 Å². The first-order chi connectivity index (χ1) is 16.5. The van der Waals surface area contributed by atoms with Gasteiger partial charge in [-0.05, 0) is 67.4 Å². The monoisotopic (exact) mass is 462 g/mol. The summed E-state index contributed by atoms with van der Waals surface area (Å²) in [5.74, 6) is 1.39. The van der Waals surface area contributed by atoms with Gasteiger partial charge < -0.3 is 24.0 Å². The zero-order chi connectivity index (χ0) is 24.1. The fourth-order valence-electron chi connectivity index (χ4n) is 4.85. The number of carbonyl (C=O) groups is 1. The molecule has 0 aliphatic carbocycles. The van der Waals surface area contributed by atoms with Crippen molar-refractivity contribution in [1.82, 2.24) is 9.80 Å². The van der Waals surface area contributed by atoms with Gasteiger partial charge in [0.1, 0.15) is 0 Å². The molecule has 0 spiro atoms. The summed E-state index contributed by atoms with van der Waals surface area (Å²) in [6, 6.07) is 18.7. The summed E-state index contributed by atoms with van der Waals surface area (Å²) in [6.45, 7) is 2.34. The molecule has 1 aliphatic rings. The van der Waals surface area contributed by atoms with Crippen molar-refractivity contribution < 1.29 is 19.0 Å². The normalized spacial score (nSPS) is 15.9. The quantitative estimate of drug-likeness (QED) is 0.448. The van der Waals surface area contributed by atoms with Crippen molar-refractivity contribution >= 4 is 16.7 Å². The number of hydrogen-bond donors (Lipinski definition) is 0. The Bertz CT molecular complexity index is 1120. The third kappa shape index (κ3) is 5.12. The predicted molar refractivity (Wildman–Crippen MR) is 135 cm³/mol. The zero-order valence-corrected chi connectivity index (χ0v) is 20.5. The SMILES string of the molecule is COc1cc(C(=O)N(CCC2CCCN2C)Cc2ccc3ccccc3c2)cc(OC)c1OC. The fourth-order valence-corrected chi connectivity index (χ4v) is 4.85. The molecule has 1 fully saturated rings. The average Bonchev–Trinajstić information content (AvgIpc) is 3.29. The van der Waals surface area contributed by atoms with Crippen molar-refractivity contribution in [2.24, 2.45) is 0 Å². The van der Waals surface area contributed by atoms with Crippen molar-refractivity contribution in [2.75, 3.05) is 41.5 Å². The molecule has 0 N–H and O–H groups in total. The predicted octanol–water partition coefficient (Wildman–Crippen LogP) is 4.99. The molecule has 0 bridgehead atoms. The maximum atomic E-state index is 13.8. The summed E-state index contributed by atoms with van der Waals surface area (Å²) in [4.78, 5) is 18.1. The van der Waals surface area contributed by atoms with Crippen LogP contribution in [0, 0.1) is 0 Å². The van der Waals surface area contributed by atoms with Crippen molar-refractivity contribution in [3.05, 3.63) is 65.7 Å². The van der Waals surface area contributed by atoms with Crippen LogP contribution < -0.4 is 14.2 Å². The van der Waals surface area contributed by atoms with Crippen LogP contribution in [0.15, 0.2) is 54.6 Å². The van der Waals surface area contributed by atoms with E-state index in [-0.39, 0.29) is 5.91 Å². The van der Waals surface area contributed by atoms with Crippen molar-refractivity contribution in [3.63, 3.8) is 0 Å². The summed E-state index contributed by atoms with van der Waals surface area (Å²) in [5.41, 5.74) is 1.63. The van der Waals surface area contributed by atoms with Crippen LogP contribution in [0.3, 0.4) is 0 Å². The van der Waals surface area contributed by atoms with Gasteiger partial charge in [-0.2, -0.15) is 0 Å². The van der Waals surface area contributed by atoms with E-state index in [1.807, 2.05) is 17.0 Å². The summed E-state index contributed by atoms with van der Waals surface area (Å²) < 4.78 is 16.4. The molecule has 6 nitrogen and oxygen atoms in total. The first-order valence-electron chi connectivity index (χ1n) is 11.8. The number of benzene rings is 3. The highest BCUT2D eigenvalue weighted by molar-refractivity contribution is 5.95. The molecule has 1 heterocycles. The van der Waals surface area contributed by atoms with Crippen molar-refractivity contribution in [3.8, 4) is 17.2 Å². The Balaban J connectivity index is 1.64. The summed E-state index contributed by atoms with van der Waals surface area (Å²) in [7, 11) is 6.86. The molecule has 0 aromatic heterocycles. The Hall–Kier alpha value is -3.25. The second-order valence-corrected chi connectivity index (χ2v) is 8.89. The van der Waals surface area contributed by atoms with Crippen LogP contribution >= 0.6 is 0 Å². The van der Waals surface area contributed by atoms with Crippen LogP contribution in [0.5, 0.6) is 17.2 Å². The minimum atomic E-state index is -0.0481. The molecule has 0 radical (unpaired) electrons. The third-order valence-electron chi connectivity index (χ3n) is 6.79. The lowest BCUT2D eigenvalue weighted by Crippen LogP contribution is -2.35. The Morgan fingerprint density at radius 1 is 0.971 bits per heavy atom. The van der Waals surface area contributed by atoms with Gasteiger partial charge in [0.15, 0.2) is 11.5 Å². The molecule has 3 aromatic carbocycles. The minimum Gasteiger partial charge on any atom is -0.493 e. The minimum absolute atomic E-state index is 0.0481. The summed E-state index contributed by atoms with van der Waals surface area (Å²) in [5, 5.41) is 2.37. The van der Waals surface area contributed by atoms with Gasteiger partial charge in [-0.3, -0.25) is 4.79 Å². The van der Waals surface area contributed by atoms with Crippen LogP contribution in [0.1, 0.15) is 35.2 Å². The molecule has 3 aromatic rings. The van der Waals surface area contributed by atoms with E-state index in [0.29, 0.717) is 41.9 Å². The van der Waals surface area contributed by atoms with Crippen LogP contribution in [0.4, 0.5) is 0 Å². The smallest absolute Gasteiger partial charge is 0.254 e. The third-order valence-corrected chi connectivity index (χ3v) is 6.79. The van der Waals surface area contributed by atoms with E-state index >= 15 is 0 Å². The number of amides is 1. The largest absolute Gasteiger partial charge is 0.493 e. The Labute approximate surface area is 202 Å². The molecule has 1 unspecified atom stereocenters. The van der Waals surface area contributed by atoms with Gasteiger partial charge in [0.25, 0.3) is 5.91 Å². The van der Waals surface area contributed by atoms with Gasteiger partial charge >= 0.3 is 0 Å². The molecule has 4 rings (SSSR count). The van der Waals surface area contributed by atoms with E-state index < -0.39 is 0 Å². The van der Waals surface area contributed by atoms with Gasteiger partial charge in [-0.25, -0.2) is 0 Å². The average molecular weight is 463 g/mol. The van der Waals surface area contributed by atoms with Crippen LogP contribution in [0.25, 0.3) is 10.8 Å². The lowest BCUT2D eigenvalue weighted by atomic mass is 10.1. The molecular weight excluding hydrogens is 428 g/mol. The van der Waals surface area contributed by atoms with Gasteiger partial charge in [0.05, 0.1) is 21.3 Å². The highest BCUT2D eigenvalue weighted by Crippen LogP contribution is 2.38. The van der Waals surface area contributed by atoms with E-state index in [2.05, 4.69) is 42.3 Å². The van der Waals surface area contributed by atoms with Gasteiger partial charge in [0.2, 0.25) is 5.75 Å². The lowest BCUT2D eigenvalue weighted by Gasteiger charge is -2.27. The second kappa shape index (κ2) is 10.8. The Morgan fingerprint density at radius 3 is 2.29 bits per heavy atom. The highest BCUT2D eigenvalue weighted by Gasteiger charge is 2.25. The zero-order valence-electron chi connectivity index (χ0n) is 20.5. The summed E-state index contributed by atoms with van der Waals surface area (Å²) in [6.07, 6.45) is 3.34. The molecule has 180 valence electrons. The summed E-state index contributed by atoms with van der Waals surface area (Å²) >= 11 is 0. The van der Waals surface area contributed by atoms with Crippen LogP contribution in [-0.2, 0) is 6.54 Å². The maximum Gasteiger partial charge on any atom is 0.254 e. The molecule has 0 saturated carbocycles. The molecule has 34 heavy (non-hydrogen) atoms. The number of ether oxygens (including phenoxy) is 3. The van der Waals surface area contributed by atoms with E-state index in [1.165, 1.54) is 23.6 Å². The molecule has 1 amide bonds. The molecule has 1 saturated heterocycles. The fraction of sp³-hybridized carbons (Fsp3) is 0.393. The number of methoxy groups -OCH3 is 3. The standard InChI is InChI=1S/C28H34N2O4/c1-29-14-7-10-24(29)13-15-30(19-20-11-12-21-8-5-6-9-22(21)16-20)28(31)23-17-25(32-2)27(34-4)26(18-23)33-3/h5-6,8-9,11-12,16-18,24H,7,10,13-15,19H2,1-4H3. The number of nitrogens with zero attached hydrogens (tertiary/aromatic N) is 2. The number of fused-ring (bicyclic) bond motifs is 1. The molecular formula is C28H34N2O4. The maximum absolute atomic E-state index is 13.8. The number of carbonyl (C=O) groups excluding carboxylic acids is 1. The Kier molecular flexibility index (Phi) is 7.58. The first kappa shape index (κ1) is 23.9. The highest BCUT2D eigenvalue weighted by atomic mass is 16.5. The molecule has 1 atom stereocenters.